The fourth-order valence-electron chi connectivity index (χ4n) is 2.54. The number of anilines is 1. The Hall–Kier alpha value is -2.16. The number of aryl methyl sites for hydroxylation is 3. The van der Waals surface area contributed by atoms with Crippen molar-refractivity contribution in [1.82, 2.24) is 4.98 Å². The van der Waals surface area contributed by atoms with Crippen molar-refractivity contribution in [3.63, 3.8) is 0 Å². The van der Waals surface area contributed by atoms with Gasteiger partial charge in [-0.1, -0.05) is 6.07 Å². The molecule has 3 heteroatoms. The highest BCUT2D eigenvalue weighted by Gasteiger charge is 2.14. The molecule has 3 nitrogen and oxygen atoms in total. The van der Waals surface area contributed by atoms with Crippen molar-refractivity contribution in [2.45, 2.75) is 26.2 Å². The van der Waals surface area contributed by atoms with Gasteiger partial charge in [-0.3, -0.25) is 9.78 Å². The number of hydrogen-bond acceptors (Lipinski definition) is 2. The summed E-state index contributed by atoms with van der Waals surface area (Å²) >= 11 is 0. The van der Waals surface area contributed by atoms with Crippen LogP contribution in [0.15, 0.2) is 36.5 Å². The average Bonchev–Trinajstić information content (AvgIpc) is 2.85. The van der Waals surface area contributed by atoms with Crippen molar-refractivity contribution in [3.05, 3.63) is 58.9 Å². The summed E-state index contributed by atoms with van der Waals surface area (Å²) in [6.45, 7) is 1.91. The zero-order chi connectivity index (χ0) is 13.2. The molecule has 1 aromatic carbocycles. The number of benzene rings is 1. The number of nitrogens with zero attached hydrogens (tertiary/aromatic N) is 1. The van der Waals surface area contributed by atoms with Crippen molar-refractivity contribution in [3.8, 4) is 0 Å². The second-order valence-electron chi connectivity index (χ2n) is 4.98. The van der Waals surface area contributed by atoms with Crippen molar-refractivity contribution in [2.75, 3.05) is 5.32 Å². The van der Waals surface area contributed by atoms with Gasteiger partial charge in [0, 0.05) is 23.1 Å². The van der Waals surface area contributed by atoms with E-state index < -0.39 is 0 Å². The molecule has 0 unspecified atom stereocenters. The lowest BCUT2D eigenvalue weighted by molar-refractivity contribution is 0.102. The summed E-state index contributed by atoms with van der Waals surface area (Å²) in [5, 5.41) is 2.91. The highest BCUT2D eigenvalue weighted by Crippen LogP contribution is 2.23. The summed E-state index contributed by atoms with van der Waals surface area (Å²) < 4.78 is 0. The van der Waals surface area contributed by atoms with Gasteiger partial charge in [-0.25, -0.2) is 0 Å². The Morgan fingerprint density at radius 1 is 1.16 bits per heavy atom. The van der Waals surface area contributed by atoms with Crippen LogP contribution >= 0.6 is 0 Å². The Morgan fingerprint density at radius 2 is 2.00 bits per heavy atom. The third-order valence-electron chi connectivity index (χ3n) is 3.52. The molecule has 0 saturated heterocycles. The Balaban J connectivity index is 1.81. The molecule has 1 aliphatic rings. The van der Waals surface area contributed by atoms with Crippen molar-refractivity contribution in [1.29, 1.82) is 0 Å². The van der Waals surface area contributed by atoms with E-state index in [1.54, 1.807) is 12.3 Å². The van der Waals surface area contributed by atoms with Gasteiger partial charge >= 0.3 is 0 Å². The fraction of sp³-hybridized carbons (Fsp3) is 0.250. The first-order valence-corrected chi connectivity index (χ1v) is 6.58. The van der Waals surface area contributed by atoms with Crippen LogP contribution in [0.1, 0.15) is 33.6 Å². The van der Waals surface area contributed by atoms with Gasteiger partial charge in [0.2, 0.25) is 0 Å². The molecule has 0 spiro atoms. The molecule has 0 radical (unpaired) electrons. The smallest absolute Gasteiger partial charge is 0.255 e. The minimum atomic E-state index is -0.0553. The lowest BCUT2D eigenvalue weighted by Gasteiger charge is -2.07. The average molecular weight is 252 g/mol. The summed E-state index contributed by atoms with van der Waals surface area (Å²) in [4.78, 5) is 16.3. The van der Waals surface area contributed by atoms with Crippen molar-refractivity contribution >= 4 is 11.6 Å². The third-order valence-corrected chi connectivity index (χ3v) is 3.52. The monoisotopic (exact) mass is 252 g/mol. The van der Waals surface area contributed by atoms with Gasteiger partial charge in [0.1, 0.15) is 0 Å². The number of hydrogen-bond donors (Lipinski definition) is 1. The molecule has 1 aromatic heterocycles. The van der Waals surface area contributed by atoms with Gasteiger partial charge in [0.25, 0.3) is 5.91 Å². The van der Waals surface area contributed by atoms with Gasteiger partial charge in [0.05, 0.1) is 0 Å². The maximum Gasteiger partial charge on any atom is 0.255 e. The first-order valence-electron chi connectivity index (χ1n) is 6.58. The standard InChI is InChI=1S/C16H16N2O/c1-11-9-15(7-8-17-11)18-16(19)14-6-5-12-3-2-4-13(12)10-14/h5-10H,2-4H2,1H3,(H,17,18,19). The highest BCUT2D eigenvalue weighted by molar-refractivity contribution is 6.04. The minimum absolute atomic E-state index is 0.0553. The molecule has 0 fully saturated rings. The van der Waals surface area contributed by atoms with Crippen LogP contribution < -0.4 is 5.32 Å². The molecule has 0 atom stereocenters. The van der Waals surface area contributed by atoms with Gasteiger partial charge in [-0.05, 0) is 61.6 Å². The van der Waals surface area contributed by atoms with Crippen molar-refractivity contribution < 1.29 is 4.79 Å². The molecule has 1 N–H and O–H groups in total. The summed E-state index contributed by atoms with van der Waals surface area (Å²) in [5.74, 6) is -0.0553. The summed E-state index contributed by atoms with van der Waals surface area (Å²) in [6, 6.07) is 9.68. The quantitative estimate of drug-likeness (QED) is 0.892. The Kier molecular flexibility index (Phi) is 3.03. The molecule has 2 aromatic rings. The number of nitrogens with one attached hydrogen (secondary N) is 1. The topological polar surface area (TPSA) is 42.0 Å². The molecule has 0 saturated carbocycles. The largest absolute Gasteiger partial charge is 0.322 e. The summed E-state index contributed by atoms with van der Waals surface area (Å²) in [6.07, 6.45) is 5.13. The molecule has 0 aliphatic heterocycles. The van der Waals surface area contributed by atoms with E-state index in [1.807, 2.05) is 25.1 Å². The molecule has 3 rings (SSSR count). The van der Waals surface area contributed by atoms with Crippen LogP contribution in [0.25, 0.3) is 0 Å². The van der Waals surface area contributed by atoms with Crippen LogP contribution in [-0.2, 0) is 12.8 Å². The lowest BCUT2D eigenvalue weighted by atomic mass is 10.1. The molecule has 1 heterocycles. The summed E-state index contributed by atoms with van der Waals surface area (Å²) in [5.41, 5.74) is 5.12. The van der Waals surface area contributed by atoms with E-state index in [2.05, 4.69) is 16.4 Å². The Morgan fingerprint density at radius 3 is 2.84 bits per heavy atom. The fourth-order valence-corrected chi connectivity index (χ4v) is 2.54. The minimum Gasteiger partial charge on any atom is -0.322 e. The number of pyridine rings is 1. The predicted octanol–water partition coefficient (Wildman–Crippen LogP) is 3.13. The van der Waals surface area contributed by atoms with E-state index in [9.17, 15) is 4.79 Å². The van der Waals surface area contributed by atoms with Crippen LogP contribution in [0, 0.1) is 6.92 Å². The van der Waals surface area contributed by atoms with E-state index in [0.717, 1.165) is 29.8 Å². The lowest BCUT2D eigenvalue weighted by Crippen LogP contribution is -2.12. The normalized spacial score (nSPS) is 13.1. The number of rotatable bonds is 2. The number of aromatic nitrogens is 1. The highest BCUT2D eigenvalue weighted by atomic mass is 16.1. The molecule has 96 valence electrons. The van der Waals surface area contributed by atoms with Gasteiger partial charge < -0.3 is 5.32 Å². The number of amides is 1. The van der Waals surface area contributed by atoms with Gasteiger partial charge in [-0.15, -0.1) is 0 Å². The zero-order valence-corrected chi connectivity index (χ0v) is 10.9. The molecular weight excluding hydrogens is 236 g/mol. The third kappa shape index (κ3) is 2.50. The van der Waals surface area contributed by atoms with E-state index in [4.69, 9.17) is 0 Å². The zero-order valence-electron chi connectivity index (χ0n) is 10.9. The Labute approximate surface area is 112 Å². The maximum absolute atomic E-state index is 12.2. The summed E-state index contributed by atoms with van der Waals surface area (Å²) in [7, 11) is 0. The van der Waals surface area contributed by atoms with Gasteiger partial charge in [-0.2, -0.15) is 0 Å². The second-order valence-corrected chi connectivity index (χ2v) is 4.98. The van der Waals surface area contributed by atoms with Crippen LogP contribution in [0.2, 0.25) is 0 Å². The molecule has 1 aliphatic carbocycles. The first kappa shape index (κ1) is 11.9. The first-order chi connectivity index (χ1) is 9.22. The van der Waals surface area contributed by atoms with E-state index in [-0.39, 0.29) is 5.91 Å². The Bertz CT molecular complexity index is 634. The van der Waals surface area contributed by atoms with E-state index in [0.29, 0.717) is 0 Å². The van der Waals surface area contributed by atoms with Gasteiger partial charge in [0.15, 0.2) is 0 Å². The van der Waals surface area contributed by atoms with Crippen LogP contribution in [0.5, 0.6) is 0 Å². The van der Waals surface area contributed by atoms with E-state index in [1.165, 1.54) is 17.5 Å². The second kappa shape index (κ2) is 4.84. The molecule has 0 bridgehead atoms. The number of carbonyl (C=O) groups excluding carboxylic acids is 1. The van der Waals surface area contributed by atoms with Crippen LogP contribution in [0.3, 0.4) is 0 Å². The number of carbonyl (C=O) groups is 1. The van der Waals surface area contributed by atoms with Crippen molar-refractivity contribution in [2.24, 2.45) is 0 Å². The molecule has 1 amide bonds. The van der Waals surface area contributed by atoms with Crippen LogP contribution in [0.4, 0.5) is 5.69 Å². The van der Waals surface area contributed by atoms with E-state index >= 15 is 0 Å². The SMILES string of the molecule is Cc1cc(NC(=O)c2ccc3c(c2)CCC3)ccn1. The van der Waals surface area contributed by atoms with Crippen LogP contribution in [-0.4, -0.2) is 10.9 Å². The maximum atomic E-state index is 12.2. The molecule has 19 heavy (non-hydrogen) atoms. The number of fused-ring (bicyclic) bond motifs is 1. The molecular formula is C16H16N2O. The predicted molar refractivity (Wildman–Crippen MR) is 75.4 cm³/mol.